The minimum absolute atomic E-state index is 0.128. The number of hydrogen-bond donors (Lipinski definition) is 1. The lowest BCUT2D eigenvalue weighted by Crippen LogP contribution is -2.35. The number of aryl methyl sites for hydroxylation is 1. The normalized spacial score (nSPS) is 14.3. The number of anilines is 1. The minimum Gasteiger partial charge on any atom is -0.352 e. The fourth-order valence-electron chi connectivity index (χ4n) is 3.17. The second kappa shape index (κ2) is 9.13. The maximum atomic E-state index is 13.8. The van der Waals surface area contributed by atoms with Crippen molar-refractivity contribution in [3.63, 3.8) is 0 Å². The third-order valence-corrected chi connectivity index (χ3v) is 5.17. The molecule has 0 aliphatic carbocycles. The number of carbonyl (C=O) groups is 2. The molecule has 0 saturated carbocycles. The number of rotatable bonds is 6. The first-order valence-electron chi connectivity index (χ1n) is 9.13. The van der Waals surface area contributed by atoms with Gasteiger partial charge in [-0.15, -0.1) is 0 Å². The summed E-state index contributed by atoms with van der Waals surface area (Å²) < 4.78 is 14.5. The Morgan fingerprint density at radius 3 is 2.81 bits per heavy atom. The summed E-state index contributed by atoms with van der Waals surface area (Å²) in [6, 6.07) is 12.5. The van der Waals surface area contributed by atoms with E-state index in [0.29, 0.717) is 29.4 Å². The van der Waals surface area contributed by atoms with Crippen molar-refractivity contribution in [2.45, 2.75) is 38.6 Å². The van der Waals surface area contributed by atoms with E-state index >= 15 is 0 Å². The lowest BCUT2D eigenvalue weighted by Gasteiger charge is -2.27. The van der Waals surface area contributed by atoms with Gasteiger partial charge >= 0.3 is 0 Å². The third-order valence-electron chi connectivity index (χ3n) is 4.67. The highest BCUT2D eigenvalue weighted by Gasteiger charge is 2.19. The molecule has 0 unspecified atom stereocenters. The van der Waals surface area contributed by atoms with E-state index in [-0.39, 0.29) is 24.1 Å². The fourth-order valence-corrected chi connectivity index (χ4v) is 3.51. The van der Waals surface area contributed by atoms with Gasteiger partial charge in [0.05, 0.1) is 0 Å². The van der Waals surface area contributed by atoms with Gasteiger partial charge in [-0.25, -0.2) is 4.39 Å². The van der Waals surface area contributed by atoms with Crippen LogP contribution in [0.1, 0.15) is 36.8 Å². The number of hydrogen-bond acceptors (Lipinski definition) is 2. The molecule has 0 radical (unpaired) electrons. The molecule has 1 saturated heterocycles. The molecule has 1 aliphatic rings. The van der Waals surface area contributed by atoms with Gasteiger partial charge in [0.1, 0.15) is 5.82 Å². The number of carbonyl (C=O) groups excluding carboxylic acids is 2. The van der Waals surface area contributed by atoms with E-state index in [0.717, 1.165) is 30.6 Å². The summed E-state index contributed by atoms with van der Waals surface area (Å²) >= 11 is 3.22. The third kappa shape index (κ3) is 5.39. The Morgan fingerprint density at radius 1 is 1.19 bits per heavy atom. The van der Waals surface area contributed by atoms with Crippen LogP contribution in [0.5, 0.6) is 0 Å². The fraction of sp³-hybridized carbons (Fsp3) is 0.333. The average molecular weight is 433 g/mol. The molecule has 0 bridgehead atoms. The quantitative estimate of drug-likeness (QED) is 0.737. The maximum absolute atomic E-state index is 13.8. The Labute approximate surface area is 166 Å². The molecule has 2 amide bonds. The maximum Gasteiger partial charge on any atom is 0.226 e. The standard InChI is InChI=1S/C21H22BrFN2O2/c22-17-9-7-16(19(23)13-17)8-10-20(26)24-14-15-4-3-5-18(12-15)25-11-2-1-6-21(25)27/h3-5,7,9,12-13H,1-2,6,8,10-11,14H2,(H,24,26). The van der Waals surface area contributed by atoms with Gasteiger partial charge in [-0.3, -0.25) is 9.59 Å². The van der Waals surface area contributed by atoms with E-state index in [1.807, 2.05) is 29.2 Å². The average Bonchev–Trinajstić information content (AvgIpc) is 2.66. The van der Waals surface area contributed by atoms with Crippen LogP contribution in [0.2, 0.25) is 0 Å². The molecule has 0 spiro atoms. The molecule has 1 heterocycles. The zero-order valence-electron chi connectivity index (χ0n) is 15.0. The van der Waals surface area contributed by atoms with Crippen LogP contribution in [-0.4, -0.2) is 18.4 Å². The van der Waals surface area contributed by atoms with Crippen molar-refractivity contribution < 1.29 is 14.0 Å². The first-order chi connectivity index (χ1) is 13.0. The van der Waals surface area contributed by atoms with Crippen LogP contribution >= 0.6 is 15.9 Å². The topological polar surface area (TPSA) is 49.4 Å². The van der Waals surface area contributed by atoms with Crippen LogP contribution in [-0.2, 0) is 22.6 Å². The van der Waals surface area contributed by atoms with Crippen molar-refractivity contribution in [3.8, 4) is 0 Å². The molecule has 142 valence electrons. The molecule has 0 atom stereocenters. The molecule has 27 heavy (non-hydrogen) atoms. The molecular weight excluding hydrogens is 411 g/mol. The smallest absolute Gasteiger partial charge is 0.226 e. The minimum atomic E-state index is -0.309. The number of benzene rings is 2. The van der Waals surface area contributed by atoms with Gasteiger partial charge in [0.2, 0.25) is 11.8 Å². The first-order valence-corrected chi connectivity index (χ1v) is 9.92. The molecule has 1 N–H and O–H groups in total. The van der Waals surface area contributed by atoms with Gasteiger partial charge in [0.25, 0.3) is 0 Å². The highest BCUT2D eigenvalue weighted by molar-refractivity contribution is 9.10. The zero-order chi connectivity index (χ0) is 19.2. The Hall–Kier alpha value is -2.21. The van der Waals surface area contributed by atoms with Gasteiger partial charge in [0, 0.05) is 36.1 Å². The van der Waals surface area contributed by atoms with E-state index in [1.54, 1.807) is 12.1 Å². The molecule has 1 aliphatic heterocycles. The van der Waals surface area contributed by atoms with Crippen LogP contribution < -0.4 is 10.2 Å². The van der Waals surface area contributed by atoms with Crippen molar-refractivity contribution in [1.82, 2.24) is 5.32 Å². The van der Waals surface area contributed by atoms with Crippen molar-refractivity contribution in [3.05, 3.63) is 63.9 Å². The van der Waals surface area contributed by atoms with E-state index in [9.17, 15) is 14.0 Å². The first kappa shape index (κ1) is 19.5. The van der Waals surface area contributed by atoms with Gasteiger partial charge in [-0.1, -0.05) is 34.1 Å². The molecule has 6 heteroatoms. The summed E-state index contributed by atoms with van der Waals surface area (Å²) in [6.45, 7) is 1.13. The van der Waals surface area contributed by atoms with Crippen LogP contribution in [0.4, 0.5) is 10.1 Å². The van der Waals surface area contributed by atoms with Gasteiger partial charge < -0.3 is 10.2 Å². The highest BCUT2D eigenvalue weighted by atomic mass is 79.9. The number of amides is 2. The van der Waals surface area contributed by atoms with Crippen LogP contribution in [0.3, 0.4) is 0 Å². The van der Waals surface area contributed by atoms with E-state index in [1.165, 1.54) is 6.07 Å². The Balaban J connectivity index is 1.52. The van der Waals surface area contributed by atoms with E-state index in [2.05, 4.69) is 21.2 Å². The number of halogens is 2. The summed E-state index contributed by atoms with van der Waals surface area (Å²) in [5.41, 5.74) is 2.34. The SMILES string of the molecule is O=C(CCc1ccc(Br)cc1F)NCc1cccc(N2CCCCC2=O)c1. The second-order valence-corrected chi connectivity index (χ2v) is 7.60. The molecule has 2 aromatic rings. The molecule has 1 fully saturated rings. The lowest BCUT2D eigenvalue weighted by molar-refractivity contribution is -0.121. The van der Waals surface area contributed by atoms with Crippen molar-refractivity contribution in [1.29, 1.82) is 0 Å². The largest absolute Gasteiger partial charge is 0.352 e. The van der Waals surface area contributed by atoms with Crippen molar-refractivity contribution in [2.75, 3.05) is 11.4 Å². The summed E-state index contributed by atoms with van der Waals surface area (Å²) in [5, 5.41) is 2.87. The summed E-state index contributed by atoms with van der Waals surface area (Å²) in [6.07, 6.45) is 3.13. The van der Waals surface area contributed by atoms with Gasteiger partial charge in [-0.05, 0) is 54.7 Å². The van der Waals surface area contributed by atoms with Gasteiger partial charge in [0.15, 0.2) is 0 Å². The molecular formula is C21H22BrFN2O2. The van der Waals surface area contributed by atoms with Crippen LogP contribution in [0.15, 0.2) is 46.9 Å². The predicted octanol–water partition coefficient (Wildman–Crippen LogP) is 4.35. The number of nitrogens with zero attached hydrogens (tertiary/aromatic N) is 1. The van der Waals surface area contributed by atoms with E-state index in [4.69, 9.17) is 0 Å². The summed E-state index contributed by atoms with van der Waals surface area (Å²) in [4.78, 5) is 26.0. The van der Waals surface area contributed by atoms with Crippen LogP contribution in [0, 0.1) is 5.82 Å². The summed E-state index contributed by atoms with van der Waals surface area (Å²) in [7, 11) is 0. The highest BCUT2D eigenvalue weighted by Crippen LogP contribution is 2.22. The Kier molecular flexibility index (Phi) is 6.61. The zero-order valence-corrected chi connectivity index (χ0v) is 16.6. The molecule has 0 aromatic heterocycles. The number of piperidine rings is 1. The Morgan fingerprint density at radius 2 is 2.04 bits per heavy atom. The van der Waals surface area contributed by atoms with Crippen molar-refractivity contribution in [2.24, 2.45) is 0 Å². The Bertz CT molecular complexity index is 841. The molecule has 2 aromatic carbocycles. The lowest BCUT2D eigenvalue weighted by atomic mass is 10.1. The number of nitrogens with one attached hydrogen (secondary N) is 1. The second-order valence-electron chi connectivity index (χ2n) is 6.68. The van der Waals surface area contributed by atoms with Crippen LogP contribution in [0.25, 0.3) is 0 Å². The molecule has 4 nitrogen and oxygen atoms in total. The monoisotopic (exact) mass is 432 g/mol. The van der Waals surface area contributed by atoms with Gasteiger partial charge in [-0.2, -0.15) is 0 Å². The van der Waals surface area contributed by atoms with Crippen molar-refractivity contribution >= 4 is 33.4 Å². The van der Waals surface area contributed by atoms with E-state index < -0.39 is 0 Å². The molecule has 3 rings (SSSR count). The predicted molar refractivity (Wildman–Crippen MR) is 107 cm³/mol. The summed E-state index contributed by atoms with van der Waals surface area (Å²) in [5.74, 6) is -0.285.